The molecule has 14 heteroatoms. The maximum absolute atomic E-state index is 13.3. The summed E-state index contributed by atoms with van der Waals surface area (Å²) in [5.41, 5.74) is 0. The average Bonchev–Trinajstić information content (AvgIpc) is 2.36. The van der Waals surface area contributed by atoms with Gasteiger partial charge in [-0.2, -0.15) is 0 Å². The van der Waals surface area contributed by atoms with Gasteiger partial charge in [0.15, 0.2) is 12.6 Å². The molecule has 2 fully saturated rings. The Kier molecular flexibility index (Phi) is 54.7. The molecule has 2 rings (SSSR count). The third-order valence-corrected chi connectivity index (χ3v) is 18.4. The Hall–Kier alpha value is -1.53. The molecule has 0 bridgehead atoms. The van der Waals surface area contributed by atoms with E-state index in [9.17, 15) is 45.6 Å². The SMILES string of the molecule is CCCCCCC/C=C\C/C=C\CCCCCCCCCCCCCCCCCCCCCCCCCCCC(=O)NC(COC1OC(CO)C(OC2OC(CO)C(O)C(O)C2O)C(O)C1O)C(O)CCCCCCCCCCCCCCCCCC. The van der Waals surface area contributed by atoms with E-state index in [-0.39, 0.29) is 12.5 Å². The van der Waals surface area contributed by atoms with Gasteiger partial charge in [0.25, 0.3) is 0 Å². The van der Waals surface area contributed by atoms with Gasteiger partial charge >= 0.3 is 0 Å². The summed E-state index contributed by atoms with van der Waals surface area (Å²) in [5.74, 6) is -0.199. The van der Waals surface area contributed by atoms with Crippen LogP contribution >= 0.6 is 0 Å². The summed E-state index contributed by atoms with van der Waals surface area (Å²) in [5, 5.41) is 87.6. The van der Waals surface area contributed by atoms with Crippen LogP contribution < -0.4 is 5.32 Å². The zero-order chi connectivity index (χ0) is 63.1. The van der Waals surface area contributed by atoms with E-state index in [2.05, 4.69) is 43.5 Å². The molecule has 2 aliphatic heterocycles. The van der Waals surface area contributed by atoms with Crippen molar-refractivity contribution in [2.75, 3.05) is 19.8 Å². The average molecular weight is 1240 g/mol. The van der Waals surface area contributed by atoms with Gasteiger partial charge in [0.1, 0.15) is 48.8 Å². The van der Waals surface area contributed by atoms with Gasteiger partial charge < -0.3 is 65.1 Å². The number of nitrogens with one attached hydrogen (secondary N) is 1. The van der Waals surface area contributed by atoms with Crippen molar-refractivity contribution in [2.24, 2.45) is 0 Å². The van der Waals surface area contributed by atoms with Gasteiger partial charge in [-0.25, -0.2) is 0 Å². The molecule has 2 heterocycles. The first-order valence-electron chi connectivity index (χ1n) is 37.1. The van der Waals surface area contributed by atoms with Gasteiger partial charge in [0, 0.05) is 6.42 Å². The lowest BCUT2D eigenvalue weighted by Gasteiger charge is -2.46. The Balaban J connectivity index is 1.56. The molecule has 0 aromatic heterocycles. The molecule has 9 N–H and O–H groups in total. The number of ether oxygens (including phenoxy) is 4. The number of carbonyl (C=O) groups excluding carboxylic acids is 1. The fourth-order valence-electron chi connectivity index (χ4n) is 12.5. The number of hydrogen-bond acceptors (Lipinski definition) is 13. The van der Waals surface area contributed by atoms with E-state index in [1.807, 2.05) is 0 Å². The molecule has 0 radical (unpaired) electrons. The normalized spacial score (nSPS) is 23.3. The zero-order valence-corrected chi connectivity index (χ0v) is 56.0. The Bertz CT molecular complexity index is 1550. The molecule has 0 saturated carbocycles. The highest BCUT2D eigenvalue weighted by molar-refractivity contribution is 5.76. The van der Waals surface area contributed by atoms with Crippen molar-refractivity contribution in [3.63, 3.8) is 0 Å². The Labute approximate surface area is 532 Å². The van der Waals surface area contributed by atoms with Crippen molar-refractivity contribution >= 4 is 5.91 Å². The molecule has 1 amide bonds. The van der Waals surface area contributed by atoms with Crippen LogP contribution in [0.4, 0.5) is 0 Å². The van der Waals surface area contributed by atoms with Gasteiger partial charge in [-0.05, 0) is 44.9 Å². The zero-order valence-electron chi connectivity index (χ0n) is 56.0. The number of rotatable bonds is 62. The monoisotopic (exact) mass is 1240 g/mol. The number of aliphatic hydroxyl groups is 8. The van der Waals surface area contributed by atoms with Gasteiger partial charge in [-0.3, -0.25) is 4.79 Å². The van der Waals surface area contributed by atoms with Crippen molar-refractivity contribution in [2.45, 2.75) is 415 Å². The second-order valence-corrected chi connectivity index (χ2v) is 26.4. The first kappa shape index (κ1) is 81.6. The van der Waals surface area contributed by atoms with E-state index >= 15 is 0 Å². The third-order valence-electron chi connectivity index (χ3n) is 18.4. The van der Waals surface area contributed by atoms with Crippen LogP contribution in [0.15, 0.2) is 24.3 Å². The highest BCUT2D eigenvalue weighted by Crippen LogP contribution is 2.30. The molecule has 87 heavy (non-hydrogen) atoms. The third kappa shape index (κ3) is 42.4. The van der Waals surface area contributed by atoms with E-state index in [1.165, 1.54) is 257 Å². The summed E-state index contributed by atoms with van der Waals surface area (Å²) >= 11 is 0. The summed E-state index contributed by atoms with van der Waals surface area (Å²) < 4.78 is 22.9. The predicted octanol–water partition coefficient (Wildman–Crippen LogP) is 15.5. The topological polar surface area (TPSA) is 228 Å². The number of aliphatic hydroxyl groups excluding tert-OH is 8. The molecule has 2 saturated heterocycles. The summed E-state index contributed by atoms with van der Waals surface area (Å²) in [7, 11) is 0. The number of unbranched alkanes of at least 4 members (excludes halogenated alkanes) is 45. The van der Waals surface area contributed by atoms with Crippen molar-refractivity contribution in [1.82, 2.24) is 5.32 Å². The van der Waals surface area contributed by atoms with E-state index < -0.39 is 86.8 Å². The van der Waals surface area contributed by atoms with E-state index in [4.69, 9.17) is 18.9 Å². The first-order chi connectivity index (χ1) is 42.6. The van der Waals surface area contributed by atoms with Gasteiger partial charge in [0.2, 0.25) is 5.91 Å². The van der Waals surface area contributed by atoms with Crippen molar-refractivity contribution < 1.29 is 64.6 Å². The van der Waals surface area contributed by atoms with Gasteiger partial charge in [-0.1, -0.05) is 314 Å². The van der Waals surface area contributed by atoms with Gasteiger partial charge in [0.05, 0.1) is 32.0 Å². The van der Waals surface area contributed by atoms with E-state index in [1.54, 1.807) is 0 Å². The first-order valence-corrected chi connectivity index (χ1v) is 37.1. The lowest BCUT2D eigenvalue weighted by Crippen LogP contribution is -2.65. The largest absolute Gasteiger partial charge is 0.394 e. The lowest BCUT2D eigenvalue weighted by atomic mass is 9.97. The van der Waals surface area contributed by atoms with E-state index in [0.717, 1.165) is 57.8 Å². The fraction of sp³-hybridized carbons (Fsp3) is 0.932. The minimum Gasteiger partial charge on any atom is -0.394 e. The number of carbonyl (C=O) groups is 1. The number of hydrogen-bond donors (Lipinski definition) is 9. The minimum absolute atomic E-state index is 0.199. The number of allylic oxidation sites excluding steroid dienone is 4. The van der Waals surface area contributed by atoms with Crippen LogP contribution in [0.3, 0.4) is 0 Å². The van der Waals surface area contributed by atoms with Crippen LogP contribution in [0.25, 0.3) is 0 Å². The van der Waals surface area contributed by atoms with Gasteiger partial charge in [-0.15, -0.1) is 0 Å². The Morgan fingerprint density at radius 1 is 0.414 bits per heavy atom. The quantitative estimate of drug-likeness (QED) is 0.0204. The molecule has 0 aliphatic carbocycles. The van der Waals surface area contributed by atoms with Crippen molar-refractivity contribution in [1.29, 1.82) is 0 Å². The molecular weight excluding hydrogens is 1100 g/mol. The maximum Gasteiger partial charge on any atom is 0.220 e. The van der Waals surface area contributed by atoms with Crippen molar-refractivity contribution in [3.05, 3.63) is 24.3 Å². The fourth-order valence-corrected chi connectivity index (χ4v) is 12.5. The summed E-state index contributed by atoms with van der Waals surface area (Å²) in [6.07, 6.45) is 56.5. The highest BCUT2D eigenvalue weighted by atomic mass is 16.7. The van der Waals surface area contributed by atoms with Crippen LogP contribution in [0.2, 0.25) is 0 Å². The van der Waals surface area contributed by atoms with Crippen LogP contribution in [-0.2, 0) is 23.7 Å². The molecule has 12 unspecified atom stereocenters. The van der Waals surface area contributed by atoms with Crippen LogP contribution in [0, 0.1) is 0 Å². The highest BCUT2D eigenvalue weighted by Gasteiger charge is 2.51. The summed E-state index contributed by atoms with van der Waals surface area (Å²) in [6, 6.07) is -0.826. The Morgan fingerprint density at radius 2 is 0.759 bits per heavy atom. The van der Waals surface area contributed by atoms with Crippen LogP contribution in [0.1, 0.15) is 341 Å². The molecular formula is C73H139NO13. The molecule has 0 spiro atoms. The van der Waals surface area contributed by atoms with Crippen molar-refractivity contribution in [3.8, 4) is 0 Å². The molecule has 12 atom stereocenters. The second kappa shape index (κ2) is 58.3. The standard InChI is InChI=1S/C73H139NO13/c1-3-5-7-9-11-13-15-17-19-21-22-23-24-25-26-27-28-29-30-31-32-33-34-35-36-37-38-39-40-41-43-45-47-49-51-53-55-57-65(78)74-61(62(77)56-54-52-50-48-46-44-42-20-18-16-14-12-10-8-6-4-2)60-84-72-70(83)68(81)71(64(59-76)86-72)87-73-69(82)67(80)66(79)63(58-75)85-73/h15,17,21-22,61-64,66-73,75-77,79-83H,3-14,16,18-20,23-60H2,1-2H3,(H,74,78)/b17-15-,22-21-. The maximum atomic E-state index is 13.3. The van der Waals surface area contributed by atoms with E-state index in [0.29, 0.717) is 12.8 Å². The number of amides is 1. The summed E-state index contributed by atoms with van der Waals surface area (Å²) in [4.78, 5) is 13.3. The minimum atomic E-state index is -1.78. The predicted molar refractivity (Wildman–Crippen MR) is 355 cm³/mol. The Morgan fingerprint density at radius 3 is 1.15 bits per heavy atom. The lowest BCUT2D eigenvalue weighted by molar-refractivity contribution is -0.359. The molecule has 14 nitrogen and oxygen atoms in total. The smallest absolute Gasteiger partial charge is 0.220 e. The molecule has 2 aliphatic rings. The molecule has 0 aromatic rings. The molecule has 514 valence electrons. The molecule has 0 aromatic carbocycles. The summed E-state index contributed by atoms with van der Waals surface area (Å²) in [6.45, 7) is 2.90. The van der Waals surface area contributed by atoms with Crippen LogP contribution in [0.5, 0.6) is 0 Å². The second-order valence-electron chi connectivity index (χ2n) is 26.4. The van der Waals surface area contributed by atoms with Crippen LogP contribution in [-0.4, -0.2) is 140 Å².